The molecule has 0 bridgehead atoms. The first-order chi connectivity index (χ1) is 11.4. The topological polar surface area (TPSA) is 105 Å². The zero-order valence-corrected chi connectivity index (χ0v) is 13.4. The van der Waals surface area contributed by atoms with E-state index in [1.807, 2.05) is 0 Å². The Kier molecular flexibility index (Phi) is 5.26. The third kappa shape index (κ3) is 4.39. The molecule has 0 spiro atoms. The quantitative estimate of drug-likeness (QED) is 0.590. The van der Waals surface area contributed by atoms with Gasteiger partial charge in [-0.1, -0.05) is 6.07 Å². The van der Waals surface area contributed by atoms with Gasteiger partial charge >= 0.3 is 6.03 Å². The van der Waals surface area contributed by atoms with Crippen LogP contribution in [0.5, 0.6) is 11.5 Å². The number of phenolic OH excluding ortho intramolecular Hbond substituents is 1. The first kappa shape index (κ1) is 17.1. The van der Waals surface area contributed by atoms with Crippen molar-refractivity contribution in [3.05, 3.63) is 48.5 Å². The Morgan fingerprint density at radius 1 is 1.21 bits per heavy atom. The number of urea groups is 1. The summed E-state index contributed by atoms with van der Waals surface area (Å²) in [6, 6.07) is 11.9. The highest BCUT2D eigenvalue weighted by atomic mass is 16.5. The van der Waals surface area contributed by atoms with Crippen LogP contribution in [0.3, 0.4) is 0 Å². The van der Waals surface area contributed by atoms with Crippen molar-refractivity contribution in [2.24, 2.45) is 0 Å². The Morgan fingerprint density at radius 2 is 1.88 bits per heavy atom. The fourth-order valence-electron chi connectivity index (χ4n) is 2.10. The van der Waals surface area contributed by atoms with Crippen molar-refractivity contribution >= 4 is 23.3 Å². The molecule has 2 aromatic carbocycles. The molecule has 4 N–H and O–H groups in total. The van der Waals surface area contributed by atoms with E-state index in [-0.39, 0.29) is 5.75 Å². The van der Waals surface area contributed by atoms with Gasteiger partial charge in [0.2, 0.25) is 5.91 Å². The van der Waals surface area contributed by atoms with Gasteiger partial charge in [-0.25, -0.2) is 9.69 Å². The van der Waals surface area contributed by atoms with Gasteiger partial charge in [0.1, 0.15) is 11.5 Å². The molecule has 7 heteroatoms. The lowest BCUT2D eigenvalue weighted by Gasteiger charge is -2.23. The molecule has 3 amide bonds. The third-order valence-corrected chi connectivity index (χ3v) is 3.12. The number of nitrogens with one attached hydrogen (secondary N) is 1. The molecule has 0 heterocycles. The van der Waals surface area contributed by atoms with Crippen LogP contribution in [0.1, 0.15) is 13.8 Å². The number of nitrogen functional groups attached to an aromatic ring is 1. The molecule has 0 saturated carbocycles. The Labute approximate surface area is 139 Å². The summed E-state index contributed by atoms with van der Waals surface area (Å²) in [5.74, 6) is 0.136. The zero-order chi connectivity index (χ0) is 17.7. The molecule has 7 nitrogen and oxygen atoms in total. The Morgan fingerprint density at radius 3 is 2.46 bits per heavy atom. The van der Waals surface area contributed by atoms with Gasteiger partial charge in [-0.05, 0) is 49.4 Å². The molecule has 0 aliphatic rings. The number of phenols is 1. The van der Waals surface area contributed by atoms with Crippen molar-refractivity contribution < 1.29 is 19.4 Å². The number of nitrogens with two attached hydrogens (primary N) is 1. The van der Waals surface area contributed by atoms with Crippen LogP contribution in [0.25, 0.3) is 0 Å². The molecule has 1 unspecified atom stereocenters. The Balaban J connectivity index is 2.07. The summed E-state index contributed by atoms with van der Waals surface area (Å²) in [6.45, 7) is 2.91. The van der Waals surface area contributed by atoms with Gasteiger partial charge in [-0.2, -0.15) is 0 Å². The SMILES string of the molecule is CC(=O)N(C(=O)NC(C)Oc1ccc(O)cc1)c1cccc(N)c1. The monoisotopic (exact) mass is 329 g/mol. The molecule has 126 valence electrons. The summed E-state index contributed by atoms with van der Waals surface area (Å²) < 4.78 is 5.52. The molecular weight excluding hydrogens is 310 g/mol. The van der Waals surface area contributed by atoms with Crippen LogP contribution in [0.2, 0.25) is 0 Å². The van der Waals surface area contributed by atoms with Crippen molar-refractivity contribution in [2.45, 2.75) is 20.1 Å². The van der Waals surface area contributed by atoms with E-state index in [0.29, 0.717) is 17.1 Å². The number of carbonyl (C=O) groups excluding carboxylic acids is 2. The zero-order valence-electron chi connectivity index (χ0n) is 13.4. The smallest absolute Gasteiger partial charge is 0.331 e. The van der Waals surface area contributed by atoms with Gasteiger partial charge in [-0.15, -0.1) is 0 Å². The predicted octanol–water partition coefficient (Wildman–Crippen LogP) is 2.46. The second-order valence-electron chi connectivity index (χ2n) is 5.15. The fraction of sp³-hybridized carbons (Fsp3) is 0.176. The minimum absolute atomic E-state index is 0.114. The van der Waals surface area contributed by atoms with Crippen molar-refractivity contribution in [3.8, 4) is 11.5 Å². The van der Waals surface area contributed by atoms with Gasteiger partial charge in [0.05, 0.1) is 5.69 Å². The van der Waals surface area contributed by atoms with Crippen LogP contribution in [0.15, 0.2) is 48.5 Å². The van der Waals surface area contributed by atoms with Gasteiger partial charge in [0, 0.05) is 12.6 Å². The maximum absolute atomic E-state index is 12.4. The first-order valence-electron chi connectivity index (χ1n) is 7.29. The lowest BCUT2D eigenvalue weighted by molar-refractivity contribution is -0.115. The average molecular weight is 329 g/mol. The highest BCUT2D eigenvalue weighted by molar-refractivity contribution is 6.13. The minimum Gasteiger partial charge on any atom is -0.508 e. The third-order valence-electron chi connectivity index (χ3n) is 3.12. The Bertz CT molecular complexity index is 731. The molecule has 1 atom stereocenters. The molecule has 0 fully saturated rings. The fourth-order valence-corrected chi connectivity index (χ4v) is 2.10. The van der Waals surface area contributed by atoms with E-state index in [1.165, 1.54) is 25.1 Å². The van der Waals surface area contributed by atoms with Gasteiger partial charge in [0.15, 0.2) is 6.23 Å². The highest BCUT2D eigenvalue weighted by Gasteiger charge is 2.22. The Hall–Kier alpha value is -3.22. The number of nitrogens with zero attached hydrogens (tertiary/aromatic N) is 1. The van der Waals surface area contributed by atoms with E-state index in [2.05, 4.69) is 5.32 Å². The predicted molar refractivity (Wildman–Crippen MR) is 90.7 cm³/mol. The minimum atomic E-state index is -0.690. The van der Waals surface area contributed by atoms with Gasteiger partial charge in [-0.3, -0.25) is 4.79 Å². The number of hydrogen-bond donors (Lipinski definition) is 3. The van der Waals surface area contributed by atoms with Crippen LogP contribution in [-0.2, 0) is 4.79 Å². The standard InChI is InChI=1S/C17H19N3O4/c1-11(24-16-8-6-15(22)7-9-16)19-17(23)20(12(2)21)14-5-3-4-13(18)10-14/h3-11,22H,18H2,1-2H3,(H,19,23). The second-order valence-corrected chi connectivity index (χ2v) is 5.15. The number of anilines is 2. The summed E-state index contributed by atoms with van der Waals surface area (Å²) >= 11 is 0. The van der Waals surface area contributed by atoms with Crippen LogP contribution < -0.4 is 20.7 Å². The number of carbonyl (C=O) groups is 2. The lowest BCUT2D eigenvalue weighted by atomic mass is 10.2. The number of benzene rings is 2. The molecule has 0 radical (unpaired) electrons. The molecule has 0 aromatic heterocycles. The normalized spacial score (nSPS) is 11.4. The lowest BCUT2D eigenvalue weighted by Crippen LogP contribution is -2.48. The molecule has 2 aromatic rings. The van der Waals surface area contributed by atoms with E-state index < -0.39 is 18.2 Å². The summed E-state index contributed by atoms with van der Waals surface area (Å²) in [7, 11) is 0. The van der Waals surface area contributed by atoms with Crippen molar-refractivity contribution in [1.82, 2.24) is 5.32 Å². The van der Waals surface area contributed by atoms with E-state index in [4.69, 9.17) is 10.5 Å². The van der Waals surface area contributed by atoms with Crippen molar-refractivity contribution in [1.29, 1.82) is 0 Å². The van der Waals surface area contributed by atoms with Crippen molar-refractivity contribution in [3.63, 3.8) is 0 Å². The van der Waals surface area contributed by atoms with E-state index in [0.717, 1.165) is 4.90 Å². The molecule has 0 aliphatic heterocycles. The summed E-state index contributed by atoms with van der Waals surface area (Å²) in [4.78, 5) is 25.2. The highest BCUT2D eigenvalue weighted by Crippen LogP contribution is 2.19. The number of amides is 3. The van der Waals surface area contributed by atoms with E-state index >= 15 is 0 Å². The van der Waals surface area contributed by atoms with Crippen LogP contribution in [-0.4, -0.2) is 23.3 Å². The first-order valence-corrected chi connectivity index (χ1v) is 7.29. The van der Waals surface area contributed by atoms with Crippen LogP contribution in [0.4, 0.5) is 16.2 Å². The molecular formula is C17H19N3O4. The maximum atomic E-state index is 12.4. The largest absolute Gasteiger partial charge is 0.508 e. The van der Waals surface area contributed by atoms with Gasteiger partial charge < -0.3 is 20.9 Å². The van der Waals surface area contributed by atoms with Crippen molar-refractivity contribution in [2.75, 3.05) is 10.6 Å². The number of imide groups is 1. The maximum Gasteiger partial charge on any atom is 0.331 e. The average Bonchev–Trinajstić information content (AvgIpc) is 2.49. The number of aromatic hydroxyl groups is 1. The summed E-state index contributed by atoms with van der Waals surface area (Å²) in [5.41, 5.74) is 6.51. The molecule has 0 aliphatic carbocycles. The number of rotatable bonds is 4. The molecule has 24 heavy (non-hydrogen) atoms. The van der Waals surface area contributed by atoms with E-state index in [1.54, 1.807) is 37.3 Å². The van der Waals surface area contributed by atoms with Crippen LogP contribution in [0, 0.1) is 0 Å². The van der Waals surface area contributed by atoms with E-state index in [9.17, 15) is 14.7 Å². The second kappa shape index (κ2) is 7.36. The van der Waals surface area contributed by atoms with Crippen LogP contribution >= 0.6 is 0 Å². The van der Waals surface area contributed by atoms with Gasteiger partial charge in [0.25, 0.3) is 0 Å². The number of hydrogen-bond acceptors (Lipinski definition) is 5. The molecule has 0 saturated heterocycles. The summed E-state index contributed by atoms with van der Waals surface area (Å²) in [5, 5.41) is 11.8. The molecule has 2 rings (SSSR count). The number of ether oxygens (including phenoxy) is 1. The summed E-state index contributed by atoms with van der Waals surface area (Å²) in [6.07, 6.45) is -0.690.